The van der Waals surface area contributed by atoms with Crippen molar-refractivity contribution in [2.75, 3.05) is 13.2 Å². The maximum atomic E-state index is 4.94. The van der Waals surface area contributed by atoms with Crippen molar-refractivity contribution in [2.24, 2.45) is 0 Å². The van der Waals surface area contributed by atoms with Crippen molar-refractivity contribution < 1.29 is 4.74 Å². The molecule has 0 atom stereocenters. The van der Waals surface area contributed by atoms with Crippen molar-refractivity contribution in [3.63, 3.8) is 0 Å². The summed E-state index contributed by atoms with van der Waals surface area (Å²) in [5, 5.41) is 0. The second kappa shape index (κ2) is 8.10. The molecule has 0 saturated carbocycles. The maximum absolute atomic E-state index is 4.94. The van der Waals surface area contributed by atoms with Gasteiger partial charge in [-0.3, -0.25) is 0 Å². The second-order valence-corrected chi connectivity index (χ2v) is 6.45. The Kier molecular flexibility index (Phi) is 6.01. The molecule has 2 heteroatoms. The Hall–Kier alpha value is -1.08. The zero-order valence-electron chi connectivity index (χ0n) is 10.4. The third kappa shape index (κ3) is 5.05. The Labute approximate surface area is 115 Å². The fourth-order valence-electron chi connectivity index (χ4n) is 1.62. The van der Waals surface area contributed by atoms with E-state index in [1.165, 1.54) is 21.8 Å². The third-order valence-electron chi connectivity index (χ3n) is 2.55. The summed E-state index contributed by atoms with van der Waals surface area (Å²) < 4.78 is 7.81. The Morgan fingerprint density at radius 3 is 1.44 bits per heavy atom. The molecule has 1 fully saturated rings. The van der Waals surface area contributed by atoms with Gasteiger partial charge in [-0.05, 0) is 12.8 Å². The zero-order chi connectivity index (χ0) is 12.5. The van der Waals surface area contributed by atoms with E-state index in [9.17, 15) is 0 Å². The van der Waals surface area contributed by atoms with Gasteiger partial charge in [0.2, 0.25) is 0 Å². The summed E-state index contributed by atoms with van der Waals surface area (Å²) in [6.07, 6.45) is 2.56. The molecule has 1 nitrogen and oxygen atoms in total. The van der Waals surface area contributed by atoms with Gasteiger partial charge in [-0.15, -0.1) is 0 Å². The fraction of sp³-hybridized carbons (Fsp3) is 0.250. The van der Waals surface area contributed by atoms with Crippen LogP contribution in [-0.4, -0.2) is 28.2 Å². The van der Waals surface area contributed by atoms with Crippen LogP contribution < -0.4 is 8.92 Å². The summed E-state index contributed by atoms with van der Waals surface area (Å²) in [7, 11) is 0. The number of hydrogen-bond acceptors (Lipinski definition) is 1. The summed E-state index contributed by atoms with van der Waals surface area (Å²) in [5.41, 5.74) is 0. The molecule has 1 aliphatic rings. The molecule has 1 aliphatic heterocycles. The first-order valence-corrected chi connectivity index (χ1v) is 8.02. The summed E-state index contributed by atoms with van der Waals surface area (Å²) in [5.74, 6) is 0. The van der Waals surface area contributed by atoms with Gasteiger partial charge >= 0.3 is 84.5 Å². The summed E-state index contributed by atoms with van der Waals surface area (Å²) in [4.78, 5) is 0. The quantitative estimate of drug-likeness (QED) is 0.773. The molecule has 0 bridgehead atoms. The van der Waals surface area contributed by atoms with Gasteiger partial charge in [0.15, 0.2) is 0 Å². The predicted molar refractivity (Wildman–Crippen MR) is 78.0 cm³/mol. The molecule has 2 aromatic rings. The minimum atomic E-state index is 0.461. The van der Waals surface area contributed by atoms with Crippen LogP contribution in [0.4, 0.5) is 0 Å². The van der Waals surface area contributed by atoms with E-state index in [4.69, 9.17) is 4.74 Å². The molecule has 1 saturated heterocycles. The van der Waals surface area contributed by atoms with E-state index in [-0.39, 0.29) is 0 Å². The van der Waals surface area contributed by atoms with E-state index < -0.39 is 0 Å². The number of ether oxygens (including phenoxy) is 1. The van der Waals surface area contributed by atoms with E-state index in [1.807, 2.05) is 0 Å². The average Bonchev–Trinajstić information content (AvgIpc) is 3.00. The van der Waals surface area contributed by atoms with Crippen LogP contribution in [0.1, 0.15) is 12.8 Å². The van der Waals surface area contributed by atoms with Crippen LogP contribution in [0.3, 0.4) is 0 Å². The first kappa shape index (κ1) is 13.4. The van der Waals surface area contributed by atoms with Crippen LogP contribution >= 0.6 is 0 Å². The van der Waals surface area contributed by atoms with E-state index in [0.717, 1.165) is 13.2 Å². The van der Waals surface area contributed by atoms with Gasteiger partial charge in [0.25, 0.3) is 0 Å². The van der Waals surface area contributed by atoms with Crippen LogP contribution in [0.25, 0.3) is 0 Å². The van der Waals surface area contributed by atoms with Gasteiger partial charge in [0, 0.05) is 13.2 Å². The van der Waals surface area contributed by atoms with Gasteiger partial charge in [-0.2, -0.15) is 0 Å². The van der Waals surface area contributed by atoms with Crippen molar-refractivity contribution in [3.05, 3.63) is 60.7 Å². The normalized spacial score (nSPS) is 13.8. The molecule has 3 rings (SSSR count). The molecule has 18 heavy (non-hydrogen) atoms. The Balaban J connectivity index is 0.000000202. The molecule has 0 N–H and O–H groups in total. The van der Waals surface area contributed by atoms with Crippen LogP contribution in [-0.2, 0) is 4.74 Å². The van der Waals surface area contributed by atoms with E-state index >= 15 is 0 Å². The molecule has 0 aromatic heterocycles. The van der Waals surface area contributed by atoms with Crippen molar-refractivity contribution >= 4 is 23.9 Å². The van der Waals surface area contributed by atoms with Crippen LogP contribution in [0.15, 0.2) is 60.7 Å². The van der Waals surface area contributed by atoms with Gasteiger partial charge in [0.1, 0.15) is 0 Å². The van der Waals surface area contributed by atoms with Crippen LogP contribution in [0.2, 0.25) is 0 Å². The average molecular weight is 305 g/mol. The number of benzene rings is 2. The van der Waals surface area contributed by atoms with Gasteiger partial charge < -0.3 is 4.74 Å². The summed E-state index contributed by atoms with van der Waals surface area (Å²) in [6.45, 7) is 2.00. The Morgan fingerprint density at radius 1 is 0.667 bits per heavy atom. The van der Waals surface area contributed by atoms with Gasteiger partial charge in [-0.1, -0.05) is 0 Å². The standard InChI is InChI=1S/C12H10Se.C4H8O/c1-3-7-11(8-4-1)13-12-9-5-2-6-10-12;1-2-4-5-3-1/h1-10H;1-4H2. The summed E-state index contributed by atoms with van der Waals surface area (Å²) in [6, 6.07) is 21.3. The van der Waals surface area contributed by atoms with Crippen molar-refractivity contribution in [1.82, 2.24) is 0 Å². The number of rotatable bonds is 2. The second-order valence-electron chi connectivity index (χ2n) is 4.05. The molecule has 1 heterocycles. The molecule has 0 amide bonds. The third-order valence-corrected chi connectivity index (χ3v) is 4.68. The minimum absolute atomic E-state index is 0.461. The Bertz CT molecular complexity index is 378. The molecule has 0 unspecified atom stereocenters. The summed E-state index contributed by atoms with van der Waals surface area (Å²) >= 11 is 0.461. The van der Waals surface area contributed by atoms with Gasteiger partial charge in [0.05, 0.1) is 0 Å². The first-order chi connectivity index (χ1) is 8.95. The SMILES string of the molecule is C1CCOC1.c1ccc([Se]c2ccccc2)cc1. The van der Waals surface area contributed by atoms with E-state index in [1.54, 1.807) is 0 Å². The molecule has 94 valence electrons. The Morgan fingerprint density at radius 2 is 1.11 bits per heavy atom. The molecular formula is C16H18OSe. The van der Waals surface area contributed by atoms with Gasteiger partial charge in [-0.25, -0.2) is 0 Å². The predicted octanol–water partition coefficient (Wildman–Crippen LogP) is 2.14. The van der Waals surface area contributed by atoms with Crippen LogP contribution in [0.5, 0.6) is 0 Å². The van der Waals surface area contributed by atoms with Crippen molar-refractivity contribution in [3.8, 4) is 0 Å². The monoisotopic (exact) mass is 306 g/mol. The van der Waals surface area contributed by atoms with E-state index in [0.29, 0.717) is 15.0 Å². The molecule has 0 spiro atoms. The van der Waals surface area contributed by atoms with Crippen molar-refractivity contribution in [2.45, 2.75) is 12.8 Å². The van der Waals surface area contributed by atoms with Crippen LogP contribution in [0, 0.1) is 0 Å². The van der Waals surface area contributed by atoms with Crippen molar-refractivity contribution in [1.29, 1.82) is 0 Å². The fourth-order valence-corrected chi connectivity index (χ4v) is 3.42. The number of hydrogen-bond donors (Lipinski definition) is 0. The molecular weight excluding hydrogens is 287 g/mol. The topological polar surface area (TPSA) is 9.23 Å². The molecule has 2 aromatic carbocycles. The molecule has 0 radical (unpaired) electrons. The first-order valence-electron chi connectivity index (χ1n) is 6.31. The zero-order valence-corrected chi connectivity index (χ0v) is 12.1. The molecule has 0 aliphatic carbocycles. The van der Waals surface area contributed by atoms with E-state index in [2.05, 4.69) is 60.7 Å².